The van der Waals surface area contributed by atoms with Crippen LogP contribution in [0.1, 0.15) is 48.5 Å². The molecule has 0 radical (unpaired) electrons. The van der Waals surface area contributed by atoms with Crippen LogP contribution in [0.25, 0.3) is 11.1 Å². The minimum atomic E-state index is -0.589. The molecule has 1 N–H and O–H groups in total. The number of nitro benzene ring substituents is 1. The van der Waals surface area contributed by atoms with Crippen LogP contribution in [-0.4, -0.2) is 30.0 Å². The Kier molecular flexibility index (Phi) is 8.52. The highest BCUT2D eigenvalue weighted by atomic mass is 79.9. The Morgan fingerprint density at radius 3 is 2.39 bits per heavy atom. The molecule has 0 atom stereocenters. The lowest BCUT2D eigenvalue weighted by Gasteiger charge is -2.23. The highest BCUT2D eigenvalue weighted by molar-refractivity contribution is 9.10. The smallest absolute Gasteiger partial charge is 0.341 e. The van der Waals surface area contributed by atoms with Gasteiger partial charge in [0.25, 0.3) is 11.6 Å². The topological polar surface area (TPSA) is 108 Å². The first-order valence-electron chi connectivity index (χ1n) is 11.2. The highest BCUT2D eigenvalue weighted by Crippen LogP contribution is 2.41. The van der Waals surface area contributed by atoms with Gasteiger partial charge in [-0.2, -0.15) is 0 Å². The number of anilines is 1. The third kappa shape index (κ3) is 6.30. The molecule has 0 unspecified atom stereocenters. The van der Waals surface area contributed by atoms with Gasteiger partial charge in [-0.3, -0.25) is 14.9 Å². The number of hydrogen-bond acceptors (Lipinski definition) is 7. The summed E-state index contributed by atoms with van der Waals surface area (Å²) in [6, 6.07) is 11.5. The van der Waals surface area contributed by atoms with Gasteiger partial charge in [0.05, 0.1) is 11.5 Å². The van der Waals surface area contributed by atoms with Crippen molar-refractivity contribution in [1.82, 2.24) is 0 Å². The minimum Gasteiger partial charge on any atom is -0.483 e. The molecule has 0 aliphatic carbocycles. The summed E-state index contributed by atoms with van der Waals surface area (Å²) in [5.41, 5.74) is 2.07. The number of nitro groups is 1. The summed E-state index contributed by atoms with van der Waals surface area (Å²) in [5, 5.41) is 14.1. The molecule has 0 fully saturated rings. The number of benzene rings is 2. The Labute approximate surface area is 221 Å². The van der Waals surface area contributed by atoms with Gasteiger partial charge in [-0.05, 0) is 55.2 Å². The predicted octanol–water partition coefficient (Wildman–Crippen LogP) is 6.89. The van der Waals surface area contributed by atoms with E-state index in [0.29, 0.717) is 21.9 Å². The van der Waals surface area contributed by atoms with E-state index in [2.05, 4.69) is 42.0 Å². The van der Waals surface area contributed by atoms with Gasteiger partial charge in [0.2, 0.25) is 0 Å². The maximum absolute atomic E-state index is 12.9. The number of carbonyl (C=O) groups is 2. The monoisotopic (exact) mass is 574 g/mol. The van der Waals surface area contributed by atoms with Crippen molar-refractivity contribution in [3.05, 3.63) is 73.1 Å². The quantitative estimate of drug-likeness (QED) is 0.178. The number of ether oxygens (including phenoxy) is 2. The van der Waals surface area contributed by atoms with Gasteiger partial charge >= 0.3 is 5.97 Å². The maximum Gasteiger partial charge on any atom is 0.341 e. The molecule has 0 aliphatic heterocycles. The van der Waals surface area contributed by atoms with Crippen molar-refractivity contribution in [1.29, 1.82) is 0 Å². The van der Waals surface area contributed by atoms with E-state index in [-0.39, 0.29) is 29.9 Å². The number of carbonyl (C=O) groups excluding carboxylic acids is 2. The van der Waals surface area contributed by atoms with E-state index in [1.54, 1.807) is 19.1 Å². The molecule has 1 aromatic heterocycles. The molecular formula is C26H27BrN2O6S. The fourth-order valence-electron chi connectivity index (χ4n) is 3.65. The van der Waals surface area contributed by atoms with Crippen LogP contribution in [0, 0.1) is 17.0 Å². The normalized spacial score (nSPS) is 11.2. The number of hydrogen-bond donors (Lipinski definition) is 1. The molecule has 1 amide bonds. The number of esters is 1. The van der Waals surface area contributed by atoms with Gasteiger partial charge in [-0.1, -0.05) is 36.7 Å². The molecule has 3 aromatic rings. The molecule has 190 valence electrons. The number of halogens is 1. The van der Waals surface area contributed by atoms with Crippen molar-refractivity contribution >= 4 is 49.8 Å². The number of nitrogens with one attached hydrogen (secondary N) is 1. The molecule has 0 aliphatic rings. The lowest BCUT2D eigenvalue weighted by atomic mass is 9.86. The summed E-state index contributed by atoms with van der Waals surface area (Å²) >= 11 is 4.71. The van der Waals surface area contributed by atoms with Crippen LogP contribution in [0.5, 0.6) is 5.75 Å². The summed E-state index contributed by atoms with van der Waals surface area (Å²) < 4.78 is 12.0. The van der Waals surface area contributed by atoms with Crippen molar-refractivity contribution in [3.8, 4) is 16.9 Å². The van der Waals surface area contributed by atoms with Gasteiger partial charge in [-0.15, -0.1) is 11.3 Å². The molecule has 36 heavy (non-hydrogen) atoms. The van der Waals surface area contributed by atoms with Crippen LogP contribution in [0.15, 0.2) is 46.9 Å². The number of amides is 1. The Hall–Kier alpha value is -3.24. The minimum absolute atomic E-state index is 0.0578. The predicted molar refractivity (Wildman–Crippen MR) is 144 cm³/mol. The zero-order chi connectivity index (χ0) is 26.6. The molecule has 0 saturated carbocycles. The van der Waals surface area contributed by atoms with Crippen LogP contribution >= 0.6 is 27.3 Å². The number of nitrogens with zero attached hydrogens (tertiary/aromatic N) is 1. The van der Waals surface area contributed by atoms with Gasteiger partial charge in [0, 0.05) is 32.6 Å². The van der Waals surface area contributed by atoms with Crippen molar-refractivity contribution in [3.63, 3.8) is 0 Å². The van der Waals surface area contributed by atoms with Crippen LogP contribution in [0.3, 0.4) is 0 Å². The first kappa shape index (κ1) is 27.3. The van der Waals surface area contributed by atoms with Crippen molar-refractivity contribution in [2.45, 2.75) is 40.0 Å². The van der Waals surface area contributed by atoms with Crippen LogP contribution in [-0.2, 0) is 14.9 Å². The van der Waals surface area contributed by atoms with E-state index in [4.69, 9.17) is 9.47 Å². The van der Waals surface area contributed by atoms with E-state index in [1.807, 2.05) is 25.1 Å². The van der Waals surface area contributed by atoms with Crippen LogP contribution in [0.2, 0.25) is 0 Å². The van der Waals surface area contributed by atoms with Crippen molar-refractivity contribution in [2.24, 2.45) is 0 Å². The van der Waals surface area contributed by atoms with E-state index >= 15 is 0 Å². The second kappa shape index (κ2) is 11.2. The maximum atomic E-state index is 12.9. The second-order valence-electron chi connectivity index (χ2n) is 8.99. The third-order valence-electron chi connectivity index (χ3n) is 5.29. The van der Waals surface area contributed by atoms with Crippen LogP contribution < -0.4 is 10.1 Å². The summed E-state index contributed by atoms with van der Waals surface area (Å²) in [6.07, 6.45) is 0. The molecular weight excluding hydrogens is 548 g/mol. The third-order valence-corrected chi connectivity index (χ3v) is 6.81. The fourth-order valence-corrected chi connectivity index (χ4v) is 5.09. The summed E-state index contributed by atoms with van der Waals surface area (Å²) in [4.78, 5) is 37.0. The van der Waals surface area contributed by atoms with E-state index in [0.717, 1.165) is 14.9 Å². The van der Waals surface area contributed by atoms with Gasteiger partial charge in [0.1, 0.15) is 16.3 Å². The summed E-state index contributed by atoms with van der Waals surface area (Å²) in [5.74, 6) is -0.422. The zero-order valence-corrected chi connectivity index (χ0v) is 23.0. The lowest BCUT2D eigenvalue weighted by molar-refractivity contribution is -0.384. The standard InChI is InChI=1S/C26H27BrN2O6S/c1-6-34-25(31)23-22(16-7-10-18(11-8-16)29(32)33)15(2)36-24(23)28-21(30)14-35-20-12-9-17(27)13-19(20)26(3,4)5/h7-13H,6,14H2,1-5H3,(H,28,30). The van der Waals surface area contributed by atoms with Crippen molar-refractivity contribution in [2.75, 3.05) is 18.5 Å². The fraction of sp³-hybridized carbons (Fsp3) is 0.308. The van der Waals surface area contributed by atoms with Gasteiger partial charge in [-0.25, -0.2) is 4.79 Å². The van der Waals surface area contributed by atoms with Crippen molar-refractivity contribution < 1.29 is 24.0 Å². The molecule has 0 bridgehead atoms. The molecule has 2 aromatic carbocycles. The first-order valence-corrected chi connectivity index (χ1v) is 12.8. The molecule has 0 spiro atoms. The van der Waals surface area contributed by atoms with E-state index < -0.39 is 16.8 Å². The van der Waals surface area contributed by atoms with Gasteiger partial charge < -0.3 is 14.8 Å². The number of aryl methyl sites for hydroxylation is 1. The molecule has 3 rings (SSSR count). The second-order valence-corrected chi connectivity index (χ2v) is 11.1. The van der Waals surface area contributed by atoms with E-state index in [1.165, 1.54) is 23.5 Å². The average molecular weight is 575 g/mol. The number of non-ortho nitro benzene ring substituents is 1. The Morgan fingerprint density at radius 2 is 1.81 bits per heavy atom. The highest BCUT2D eigenvalue weighted by Gasteiger charge is 2.26. The SMILES string of the molecule is CCOC(=O)c1c(NC(=O)COc2ccc(Br)cc2C(C)(C)C)sc(C)c1-c1ccc([N+](=O)[O-])cc1. The Balaban J connectivity index is 1.89. The van der Waals surface area contributed by atoms with Gasteiger partial charge in [0.15, 0.2) is 6.61 Å². The number of thiophene rings is 1. The zero-order valence-electron chi connectivity index (χ0n) is 20.6. The average Bonchev–Trinajstić information content (AvgIpc) is 3.13. The van der Waals surface area contributed by atoms with Crippen LogP contribution in [0.4, 0.5) is 10.7 Å². The molecule has 1 heterocycles. The Morgan fingerprint density at radius 1 is 1.14 bits per heavy atom. The first-order chi connectivity index (χ1) is 16.9. The van der Waals surface area contributed by atoms with E-state index in [9.17, 15) is 19.7 Å². The molecule has 8 nitrogen and oxygen atoms in total. The lowest BCUT2D eigenvalue weighted by Crippen LogP contribution is -2.22. The summed E-state index contributed by atoms with van der Waals surface area (Å²) in [6.45, 7) is 9.58. The number of rotatable bonds is 8. The molecule has 10 heteroatoms. The Bertz CT molecular complexity index is 1290. The molecule has 0 saturated heterocycles. The largest absolute Gasteiger partial charge is 0.483 e. The summed E-state index contributed by atoms with van der Waals surface area (Å²) in [7, 11) is 0.